The molecule has 0 bridgehead atoms. The lowest BCUT2D eigenvalue weighted by Crippen LogP contribution is -2.28. The third kappa shape index (κ3) is 2.67. The van der Waals surface area contributed by atoms with Crippen molar-refractivity contribution in [2.75, 3.05) is 14.1 Å². The van der Waals surface area contributed by atoms with Gasteiger partial charge in [0.2, 0.25) is 0 Å². The monoisotopic (exact) mass is 256 g/mol. The molecule has 2 nitrogen and oxygen atoms in total. The van der Waals surface area contributed by atoms with Crippen molar-refractivity contribution in [3.05, 3.63) is 35.4 Å². The second-order valence-electron chi connectivity index (χ2n) is 7.01. The Morgan fingerprint density at radius 3 is 2.00 bits per heavy atom. The molecule has 0 aliphatic heterocycles. The smallest absolute Gasteiger partial charge is 0.0771 e. The topological polar surface area (TPSA) is 27.0 Å². The van der Waals surface area contributed by atoms with Crippen molar-refractivity contribution in [1.82, 2.24) is 4.90 Å². The molecule has 1 atom stereocenters. The second-order valence-corrected chi connectivity index (χ2v) is 7.01. The number of hydrogen-bond donors (Lipinski definition) is 0. The van der Waals surface area contributed by atoms with E-state index in [0.29, 0.717) is 0 Å². The van der Waals surface area contributed by atoms with Crippen molar-refractivity contribution < 1.29 is 0 Å². The Hall–Kier alpha value is -1.33. The number of nitrogens with zero attached hydrogens (tertiary/aromatic N) is 2. The van der Waals surface area contributed by atoms with Crippen LogP contribution in [0.15, 0.2) is 24.3 Å². The summed E-state index contributed by atoms with van der Waals surface area (Å²) in [5, 5.41) is 9.44. The summed E-state index contributed by atoms with van der Waals surface area (Å²) in [6, 6.07) is 11.6. The van der Waals surface area contributed by atoms with Crippen LogP contribution < -0.4 is 0 Å². The predicted molar refractivity (Wildman–Crippen MR) is 78.9 cm³/mol. The molecule has 0 amide bonds. The standard InChI is InChI=1S/C17H24N2/c1-16(2,3)14-8-6-13(7-9-14)15(19(4)5)17(12-18)10-11-17/h6-9,15H,10-11H2,1-5H3. The van der Waals surface area contributed by atoms with Crippen LogP contribution in [0.4, 0.5) is 0 Å². The highest BCUT2D eigenvalue weighted by molar-refractivity contribution is 5.33. The zero-order valence-electron chi connectivity index (χ0n) is 12.7. The Morgan fingerprint density at radius 1 is 1.16 bits per heavy atom. The Labute approximate surface area is 117 Å². The molecule has 0 saturated heterocycles. The zero-order chi connectivity index (χ0) is 14.3. The summed E-state index contributed by atoms with van der Waals surface area (Å²) in [4.78, 5) is 2.18. The van der Waals surface area contributed by atoms with Gasteiger partial charge in [0.25, 0.3) is 0 Å². The molecule has 2 heteroatoms. The van der Waals surface area contributed by atoms with Gasteiger partial charge in [-0.05, 0) is 43.5 Å². The highest BCUT2D eigenvalue weighted by atomic mass is 15.1. The summed E-state index contributed by atoms with van der Waals surface area (Å²) >= 11 is 0. The van der Waals surface area contributed by atoms with Crippen LogP contribution in [-0.2, 0) is 5.41 Å². The summed E-state index contributed by atoms with van der Waals surface area (Å²) in [6.07, 6.45) is 2.04. The van der Waals surface area contributed by atoms with Gasteiger partial charge in [0, 0.05) is 0 Å². The number of benzene rings is 1. The fraction of sp³-hybridized carbons (Fsp3) is 0.588. The molecule has 102 valence electrons. The quantitative estimate of drug-likeness (QED) is 0.820. The lowest BCUT2D eigenvalue weighted by atomic mass is 9.84. The summed E-state index contributed by atoms with van der Waals surface area (Å²) in [5.41, 5.74) is 2.62. The lowest BCUT2D eigenvalue weighted by Gasteiger charge is -2.29. The molecular weight excluding hydrogens is 232 g/mol. The van der Waals surface area contributed by atoms with Crippen molar-refractivity contribution >= 4 is 0 Å². The van der Waals surface area contributed by atoms with E-state index in [0.717, 1.165) is 12.8 Å². The molecule has 19 heavy (non-hydrogen) atoms. The van der Waals surface area contributed by atoms with Gasteiger partial charge in [-0.15, -0.1) is 0 Å². The molecule has 0 N–H and O–H groups in total. The van der Waals surface area contributed by atoms with E-state index in [9.17, 15) is 5.26 Å². The van der Waals surface area contributed by atoms with Gasteiger partial charge in [0.15, 0.2) is 0 Å². The van der Waals surface area contributed by atoms with Crippen LogP contribution in [0.5, 0.6) is 0 Å². The Morgan fingerprint density at radius 2 is 1.68 bits per heavy atom. The zero-order valence-corrected chi connectivity index (χ0v) is 12.7. The van der Waals surface area contributed by atoms with Crippen molar-refractivity contribution in [1.29, 1.82) is 5.26 Å². The first-order valence-corrected chi connectivity index (χ1v) is 6.98. The minimum absolute atomic E-state index is 0.160. The van der Waals surface area contributed by atoms with Crippen LogP contribution in [0, 0.1) is 16.7 Å². The van der Waals surface area contributed by atoms with Crippen LogP contribution in [-0.4, -0.2) is 19.0 Å². The minimum atomic E-state index is -0.160. The number of nitriles is 1. The van der Waals surface area contributed by atoms with Crippen LogP contribution in [0.25, 0.3) is 0 Å². The molecule has 1 aliphatic carbocycles. The van der Waals surface area contributed by atoms with E-state index in [1.165, 1.54) is 11.1 Å². The van der Waals surface area contributed by atoms with Crippen molar-refractivity contribution in [2.45, 2.75) is 45.1 Å². The van der Waals surface area contributed by atoms with Crippen LogP contribution in [0.3, 0.4) is 0 Å². The normalized spacial score (nSPS) is 19.0. The van der Waals surface area contributed by atoms with E-state index in [4.69, 9.17) is 0 Å². The van der Waals surface area contributed by atoms with Crippen LogP contribution in [0.1, 0.15) is 50.8 Å². The number of rotatable bonds is 3. The van der Waals surface area contributed by atoms with E-state index >= 15 is 0 Å². The first-order chi connectivity index (χ1) is 8.80. The first kappa shape index (κ1) is 14.1. The molecule has 0 heterocycles. The molecule has 2 rings (SSSR count). The average Bonchev–Trinajstić information content (AvgIpc) is 3.09. The molecule has 0 radical (unpaired) electrons. The molecular formula is C17H24N2. The fourth-order valence-corrected chi connectivity index (χ4v) is 2.86. The highest BCUT2D eigenvalue weighted by Gasteiger charge is 2.51. The maximum absolute atomic E-state index is 9.44. The molecule has 1 aliphatic rings. The third-order valence-corrected chi connectivity index (χ3v) is 4.14. The Kier molecular flexibility index (Phi) is 3.45. The van der Waals surface area contributed by atoms with Gasteiger partial charge in [-0.3, -0.25) is 0 Å². The van der Waals surface area contributed by atoms with E-state index in [1.54, 1.807) is 0 Å². The molecule has 1 fully saturated rings. The highest BCUT2D eigenvalue weighted by Crippen LogP contribution is 2.56. The second kappa shape index (κ2) is 4.65. The SMILES string of the molecule is CN(C)C(c1ccc(C(C)(C)C)cc1)C1(C#N)CC1. The van der Waals surface area contributed by atoms with Gasteiger partial charge in [-0.2, -0.15) is 5.26 Å². The molecule has 1 aromatic carbocycles. The molecule has 0 spiro atoms. The van der Waals surface area contributed by atoms with Crippen molar-refractivity contribution in [3.8, 4) is 6.07 Å². The fourth-order valence-electron chi connectivity index (χ4n) is 2.86. The van der Waals surface area contributed by atoms with E-state index in [2.05, 4.69) is 70.1 Å². The van der Waals surface area contributed by atoms with Gasteiger partial charge >= 0.3 is 0 Å². The van der Waals surface area contributed by atoms with E-state index < -0.39 is 0 Å². The van der Waals surface area contributed by atoms with Crippen LogP contribution in [0.2, 0.25) is 0 Å². The Balaban J connectivity index is 2.32. The van der Waals surface area contributed by atoms with Crippen molar-refractivity contribution in [2.24, 2.45) is 5.41 Å². The molecule has 0 aromatic heterocycles. The average molecular weight is 256 g/mol. The van der Waals surface area contributed by atoms with E-state index in [1.807, 2.05) is 0 Å². The van der Waals surface area contributed by atoms with Crippen molar-refractivity contribution in [3.63, 3.8) is 0 Å². The summed E-state index contributed by atoms with van der Waals surface area (Å²) in [5.74, 6) is 0. The molecule has 1 saturated carbocycles. The maximum atomic E-state index is 9.44. The van der Waals surface area contributed by atoms with E-state index in [-0.39, 0.29) is 16.9 Å². The first-order valence-electron chi connectivity index (χ1n) is 6.98. The van der Waals surface area contributed by atoms with Crippen LogP contribution >= 0.6 is 0 Å². The van der Waals surface area contributed by atoms with Gasteiger partial charge in [-0.25, -0.2) is 0 Å². The minimum Gasteiger partial charge on any atom is -0.301 e. The number of hydrogen-bond acceptors (Lipinski definition) is 2. The molecule has 1 aromatic rings. The van der Waals surface area contributed by atoms with Gasteiger partial charge in [-0.1, -0.05) is 45.0 Å². The Bertz CT molecular complexity index is 481. The summed E-state index contributed by atoms with van der Waals surface area (Å²) < 4.78 is 0. The predicted octanol–water partition coefficient (Wildman–Crippen LogP) is 3.89. The molecule has 1 unspecified atom stereocenters. The van der Waals surface area contributed by atoms with Gasteiger partial charge in [0.1, 0.15) is 0 Å². The van der Waals surface area contributed by atoms with Gasteiger partial charge in [0.05, 0.1) is 17.5 Å². The van der Waals surface area contributed by atoms with Gasteiger partial charge < -0.3 is 4.90 Å². The summed E-state index contributed by atoms with van der Waals surface area (Å²) in [7, 11) is 4.14. The largest absolute Gasteiger partial charge is 0.301 e. The third-order valence-electron chi connectivity index (χ3n) is 4.14. The summed E-state index contributed by atoms with van der Waals surface area (Å²) in [6.45, 7) is 6.68. The lowest BCUT2D eigenvalue weighted by molar-refractivity contribution is 0.232. The maximum Gasteiger partial charge on any atom is 0.0771 e.